The highest BCUT2D eigenvalue weighted by Gasteiger charge is 2.32. The Morgan fingerprint density at radius 3 is 2.71 bits per heavy atom. The number of allylic oxidation sites excluding steroid dienone is 1. The van der Waals surface area contributed by atoms with Crippen molar-refractivity contribution in [3.05, 3.63) is 71.0 Å². The molecule has 3 heterocycles. The Balaban J connectivity index is 1.48. The van der Waals surface area contributed by atoms with Gasteiger partial charge >= 0.3 is 6.01 Å². The Kier molecular flexibility index (Phi) is 6.06. The van der Waals surface area contributed by atoms with Gasteiger partial charge in [0, 0.05) is 48.1 Å². The lowest BCUT2D eigenvalue weighted by Crippen LogP contribution is -2.54. The zero-order chi connectivity index (χ0) is 24.7. The van der Waals surface area contributed by atoms with Gasteiger partial charge in [0.25, 0.3) is 5.91 Å². The molecule has 0 aliphatic carbocycles. The van der Waals surface area contributed by atoms with Gasteiger partial charge in [-0.3, -0.25) is 4.79 Å². The minimum atomic E-state index is -0.953. The van der Waals surface area contributed by atoms with E-state index in [2.05, 4.69) is 21.4 Å². The van der Waals surface area contributed by atoms with Crippen molar-refractivity contribution < 1.29 is 18.7 Å². The SMILES string of the molecule is C=C(F)C(=O)N1CCN(c2nc(OC)nc3c2CC=C(c2cccc4cccc(Cl)c24)O3)C[C@H]1C. The van der Waals surface area contributed by atoms with E-state index in [0.717, 1.165) is 21.9 Å². The third kappa shape index (κ3) is 4.18. The van der Waals surface area contributed by atoms with Crippen LogP contribution in [0.15, 0.2) is 54.9 Å². The molecule has 3 aromatic rings. The molecule has 0 spiro atoms. The van der Waals surface area contributed by atoms with Crippen LogP contribution in [0.5, 0.6) is 11.9 Å². The van der Waals surface area contributed by atoms with Crippen molar-refractivity contribution in [3.8, 4) is 11.9 Å². The number of amides is 1. The van der Waals surface area contributed by atoms with E-state index in [1.807, 2.05) is 49.4 Å². The van der Waals surface area contributed by atoms with Gasteiger partial charge in [-0.15, -0.1) is 0 Å². The number of carbonyl (C=O) groups is 1. The molecule has 7 nitrogen and oxygen atoms in total. The van der Waals surface area contributed by atoms with E-state index >= 15 is 0 Å². The number of hydrogen-bond acceptors (Lipinski definition) is 6. The first kappa shape index (κ1) is 23.1. The maximum Gasteiger partial charge on any atom is 0.321 e. The number of methoxy groups -OCH3 is 1. The molecule has 1 saturated heterocycles. The lowest BCUT2D eigenvalue weighted by molar-refractivity contribution is -0.131. The average Bonchev–Trinajstić information content (AvgIpc) is 2.87. The van der Waals surface area contributed by atoms with Gasteiger partial charge in [0.2, 0.25) is 5.88 Å². The van der Waals surface area contributed by atoms with Crippen LogP contribution in [0.3, 0.4) is 0 Å². The number of anilines is 1. The number of piperazine rings is 1. The van der Waals surface area contributed by atoms with Gasteiger partial charge in [-0.05, 0) is 24.5 Å². The molecule has 1 amide bonds. The molecular formula is C26H24ClFN4O3. The van der Waals surface area contributed by atoms with E-state index in [-0.39, 0.29) is 12.1 Å². The second-order valence-electron chi connectivity index (χ2n) is 8.53. The van der Waals surface area contributed by atoms with Crippen molar-refractivity contribution in [2.75, 3.05) is 31.6 Å². The molecule has 180 valence electrons. The number of halogens is 2. The van der Waals surface area contributed by atoms with Crippen molar-refractivity contribution in [1.29, 1.82) is 0 Å². The van der Waals surface area contributed by atoms with E-state index in [1.165, 1.54) is 12.0 Å². The molecule has 9 heteroatoms. The molecule has 0 bridgehead atoms. The fourth-order valence-corrected chi connectivity index (χ4v) is 4.95. The van der Waals surface area contributed by atoms with Crippen molar-refractivity contribution >= 4 is 39.9 Å². The number of benzene rings is 2. The molecule has 0 radical (unpaired) electrons. The summed E-state index contributed by atoms with van der Waals surface area (Å²) < 4.78 is 25.1. The Bertz CT molecular complexity index is 1370. The minimum absolute atomic E-state index is 0.180. The Morgan fingerprint density at radius 1 is 1.23 bits per heavy atom. The first-order valence-electron chi connectivity index (χ1n) is 11.3. The monoisotopic (exact) mass is 494 g/mol. The number of aromatic nitrogens is 2. The average molecular weight is 495 g/mol. The number of carbonyl (C=O) groups excluding carboxylic acids is 1. The number of rotatable bonds is 4. The van der Waals surface area contributed by atoms with Gasteiger partial charge in [-0.1, -0.05) is 48.5 Å². The second-order valence-corrected chi connectivity index (χ2v) is 8.94. The zero-order valence-electron chi connectivity index (χ0n) is 19.4. The lowest BCUT2D eigenvalue weighted by Gasteiger charge is -2.40. The smallest absolute Gasteiger partial charge is 0.321 e. The first-order chi connectivity index (χ1) is 16.9. The Labute approximate surface area is 207 Å². The van der Waals surface area contributed by atoms with Gasteiger partial charge in [0.15, 0.2) is 5.83 Å². The molecule has 0 saturated carbocycles. The van der Waals surface area contributed by atoms with E-state index in [1.54, 1.807) is 0 Å². The lowest BCUT2D eigenvalue weighted by atomic mass is 10.0. The molecule has 1 atom stereocenters. The summed E-state index contributed by atoms with van der Waals surface area (Å²) in [7, 11) is 1.50. The van der Waals surface area contributed by atoms with Crippen LogP contribution in [0.1, 0.15) is 18.1 Å². The highest BCUT2D eigenvalue weighted by Crippen LogP contribution is 2.39. The second kappa shape index (κ2) is 9.19. The van der Waals surface area contributed by atoms with Gasteiger partial charge < -0.3 is 19.3 Å². The molecule has 2 aliphatic rings. The van der Waals surface area contributed by atoms with Gasteiger partial charge in [-0.25, -0.2) is 4.39 Å². The van der Waals surface area contributed by atoms with Crippen LogP contribution in [-0.2, 0) is 11.2 Å². The summed E-state index contributed by atoms with van der Waals surface area (Å²) in [5.41, 5.74) is 1.70. The van der Waals surface area contributed by atoms with Crippen LogP contribution in [0, 0.1) is 0 Å². The molecule has 35 heavy (non-hydrogen) atoms. The number of ether oxygens (including phenoxy) is 2. The maximum atomic E-state index is 13.4. The van der Waals surface area contributed by atoms with Gasteiger partial charge in [0.1, 0.15) is 11.6 Å². The molecule has 1 fully saturated rings. The summed E-state index contributed by atoms with van der Waals surface area (Å²) in [6.45, 7) is 6.31. The first-order valence-corrected chi connectivity index (χ1v) is 11.7. The van der Waals surface area contributed by atoms with Crippen LogP contribution in [0.4, 0.5) is 10.2 Å². The van der Waals surface area contributed by atoms with Crippen LogP contribution in [-0.4, -0.2) is 53.6 Å². The molecular weight excluding hydrogens is 471 g/mol. The predicted octanol–water partition coefficient (Wildman–Crippen LogP) is 4.79. The van der Waals surface area contributed by atoms with Gasteiger partial charge in [0.05, 0.1) is 12.7 Å². The highest BCUT2D eigenvalue weighted by molar-refractivity contribution is 6.36. The summed E-state index contributed by atoms with van der Waals surface area (Å²) in [4.78, 5) is 24.7. The summed E-state index contributed by atoms with van der Waals surface area (Å²) in [5.74, 6) is 0.121. The van der Waals surface area contributed by atoms with E-state index < -0.39 is 11.7 Å². The summed E-state index contributed by atoms with van der Waals surface area (Å²) in [5, 5.41) is 2.58. The minimum Gasteiger partial charge on any atom is -0.467 e. The normalized spacial score (nSPS) is 17.5. The Hall–Kier alpha value is -3.65. The fraction of sp³-hybridized carbons (Fsp3) is 0.269. The quantitative estimate of drug-likeness (QED) is 0.486. The van der Waals surface area contributed by atoms with Crippen molar-refractivity contribution in [2.24, 2.45) is 0 Å². The third-order valence-corrected chi connectivity index (χ3v) is 6.66. The number of hydrogen-bond donors (Lipinski definition) is 0. The van der Waals surface area contributed by atoms with Crippen LogP contribution in [0.2, 0.25) is 5.02 Å². The summed E-state index contributed by atoms with van der Waals surface area (Å²) in [6.07, 6.45) is 2.54. The van der Waals surface area contributed by atoms with Crippen LogP contribution in [0.25, 0.3) is 16.5 Å². The van der Waals surface area contributed by atoms with Crippen LogP contribution < -0.4 is 14.4 Å². The van der Waals surface area contributed by atoms with E-state index in [0.29, 0.717) is 48.5 Å². The largest absolute Gasteiger partial charge is 0.467 e. The number of nitrogens with zero attached hydrogens (tertiary/aromatic N) is 4. The van der Waals surface area contributed by atoms with Gasteiger partial charge in [-0.2, -0.15) is 9.97 Å². The molecule has 2 aromatic carbocycles. The van der Waals surface area contributed by atoms with Crippen molar-refractivity contribution in [1.82, 2.24) is 14.9 Å². The maximum absolute atomic E-state index is 13.4. The zero-order valence-corrected chi connectivity index (χ0v) is 20.2. The third-order valence-electron chi connectivity index (χ3n) is 6.35. The molecule has 0 unspecified atom stereocenters. The Morgan fingerprint density at radius 2 is 2.00 bits per heavy atom. The fourth-order valence-electron chi connectivity index (χ4n) is 4.66. The van der Waals surface area contributed by atoms with Crippen LogP contribution >= 0.6 is 11.6 Å². The molecule has 1 aromatic heterocycles. The highest BCUT2D eigenvalue weighted by atomic mass is 35.5. The van der Waals surface area contributed by atoms with E-state index in [4.69, 9.17) is 21.1 Å². The number of fused-ring (bicyclic) bond motifs is 2. The summed E-state index contributed by atoms with van der Waals surface area (Å²) >= 11 is 6.53. The van der Waals surface area contributed by atoms with Crippen molar-refractivity contribution in [2.45, 2.75) is 19.4 Å². The van der Waals surface area contributed by atoms with E-state index in [9.17, 15) is 9.18 Å². The summed E-state index contributed by atoms with van der Waals surface area (Å²) in [6, 6.07) is 11.7. The predicted molar refractivity (Wildman–Crippen MR) is 133 cm³/mol. The molecule has 5 rings (SSSR count). The molecule has 0 N–H and O–H groups in total. The molecule has 2 aliphatic heterocycles. The van der Waals surface area contributed by atoms with Crippen molar-refractivity contribution in [3.63, 3.8) is 0 Å². The topological polar surface area (TPSA) is 67.8 Å². The standard InChI is InChI=1S/C26H24ClFN4O3/c1-15-14-31(12-13-32(15)25(33)16(2)28)23-19-10-11-21(35-24(19)30-26(29-23)34-3)18-8-4-6-17-7-5-9-20(27)22(17)18/h4-9,11,15H,2,10,12-14H2,1,3H3/t15-/m1/s1.